The van der Waals surface area contributed by atoms with Crippen LogP contribution in [0.15, 0.2) is 18.7 Å². The molecule has 4 heteroatoms. The van der Waals surface area contributed by atoms with E-state index >= 15 is 0 Å². The lowest BCUT2D eigenvalue weighted by molar-refractivity contribution is 0.305. The highest BCUT2D eigenvalue weighted by molar-refractivity contribution is 5.31. The molecule has 0 amide bonds. The quantitative estimate of drug-likeness (QED) is 0.738. The van der Waals surface area contributed by atoms with Crippen LogP contribution < -0.4 is 10.1 Å². The molecule has 1 atom stereocenters. The molecular formula is C13H21N3O. The smallest absolute Gasteiger partial charge is 0.226 e. The second-order valence-electron chi connectivity index (χ2n) is 4.09. The number of ether oxygens (including phenoxy) is 1. The van der Waals surface area contributed by atoms with E-state index in [-0.39, 0.29) is 6.04 Å². The average Bonchev–Trinajstić information content (AvgIpc) is 2.25. The fourth-order valence-corrected chi connectivity index (χ4v) is 1.41. The summed E-state index contributed by atoms with van der Waals surface area (Å²) in [6, 6.07) is 2.12. The van der Waals surface area contributed by atoms with Gasteiger partial charge in [-0.15, -0.1) is 6.58 Å². The van der Waals surface area contributed by atoms with E-state index in [0.717, 1.165) is 18.5 Å². The fourth-order valence-electron chi connectivity index (χ4n) is 1.41. The minimum Gasteiger partial charge on any atom is -0.478 e. The van der Waals surface area contributed by atoms with Gasteiger partial charge in [-0.2, -0.15) is 4.98 Å². The van der Waals surface area contributed by atoms with Crippen molar-refractivity contribution in [2.75, 3.05) is 11.9 Å². The van der Waals surface area contributed by atoms with Crippen molar-refractivity contribution in [1.82, 2.24) is 9.97 Å². The second-order valence-corrected chi connectivity index (χ2v) is 4.09. The first-order valence-electron chi connectivity index (χ1n) is 6.01. The van der Waals surface area contributed by atoms with Gasteiger partial charge < -0.3 is 10.1 Å². The Hall–Kier alpha value is -1.58. The van der Waals surface area contributed by atoms with Crippen molar-refractivity contribution >= 4 is 5.95 Å². The minimum atomic E-state index is 0.272. The Morgan fingerprint density at radius 3 is 2.94 bits per heavy atom. The van der Waals surface area contributed by atoms with Gasteiger partial charge in [0, 0.05) is 17.8 Å². The number of rotatable bonds is 7. The molecule has 0 fully saturated rings. The number of aryl methyl sites for hydroxylation is 1. The van der Waals surface area contributed by atoms with E-state index in [0.29, 0.717) is 18.4 Å². The Kier molecular flexibility index (Phi) is 5.46. The highest BCUT2D eigenvalue weighted by Gasteiger charge is 2.05. The molecule has 1 N–H and O–H groups in total. The van der Waals surface area contributed by atoms with Gasteiger partial charge in [0.05, 0.1) is 6.61 Å². The molecule has 1 rings (SSSR count). The van der Waals surface area contributed by atoms with Gasteiger partial charge in [-0.05, 0) is 26.7 Å². The Labute approximate surface area is 103 Å². The number of anilines is 1. The molecular weight excluding hydrogens is 214 g/mol. The first-order chi connectivity index (χ1) is 8.15. The van der Waals surface area contributed by atoms with Gasteiger partial charge >= 0.3 is 0 Å². The van der Waals surface area contributed by atoms with Gasteiger partial charge in [0.1, 0.15) is 0 Å². The normalized spacial score (nSPS) is 11.9. The Morgan fingerprint density at radius 1 is 1.53 bits per heavy atom. The third-order valence-corrected chi connectivity index (χ3v) is 2.18. The summed E-state index contributed by atoms with van der Waals surface area (Å²) in [4.78, 5) is 8.64. The highest BCUT2D eigenvalue weighted by atomic mass is 16.5. The van der Waals surface area contributed by atoms with Gasteiger partial charge in [0.25, 0.3) is 0 Å². The summed E-state index contributed by atoms with van der Waals surface area (Å²) in [6.45, 7) is 10.5. The first kappa shape index (κ1) is 13.5. The summed E-state index contributed by atoms with van der Waals surface area (Å²) in [7, 11) is 0. The number of aromatic nitrogens is 2. The molecule has 0 saturated carbocycles. The van der Waals surface area contributed by atoms with Crippen molar-refractivity contribution in [2.24, 2.45) is 0 Å². The van der Waals surface area contributed by atoms with E-state index in [1.807, 2.05) is 19.1 Å². The zero-order chi connectivity index (χ0) is 12.7. The van der Waals surface area contributed by atoms with Crippen molar-refractivity contribution in [3.8, 4) is 5.88 Å². The molecule has 1 unspecified atom stereocenters. The number of nitrogens with zero attached hydrogens (tertiary/aromatic N) is 2. The molecule has 1 heterocycles. The highest BCUT2D eigenvalue weighted by Crippen LogP contribution is 2.13. The van der Waals surface area contributed by atoms with Crippen molar-refractivity contribution in [3.63, 3.8) is 0 Å². The monoisotopic (exact) mass is 235 g/mol. The van der Waals surface area contributed by atoms with Crippen molar-refractivity contribution < 1.29 is 4.74 Å². The lowest BCUT2D eigenvalue weighted by atomic mass is 10.2. The number of nitrogens with one attached hydrogen (secondary N) is 1. The van der Waals surface area contributed by atoms with Crippen LogP contribution in [0.2, 0.25) is 0 Å². The molecule has 1 aromatic heterocycles. The fraction of sp³-hybridized carbons (Fsp3) is 0.538. The molecule has 1 aromatic rings. The Morgan fingerprint density at radius 2 is 2.29 bits per heavy atom. The summed E-state index contributed by atoms with van der Waals surface area (Å²) in [5.74, 6) is 1.25. The van der Waals surface area contributed by atoms with E-state index in [4.69, 9.17) is 4.74 Å². The molecule has 94 valence electrons. The molecule has 0 aliphatic rings. The third-order valence-electron chi connectivity index (χ3n) is 2.18. The molecule has 4 nitrogen and oxygen atoms in total. The summed E-state index contributed by atoms with van der Waals surface area (Å²) in [5.41, 5.74) is 0.902. The van der Waals surface area contributed by atoms with E-state index < -0.39 is 0 Å². The molecule has 0 bridgehead atoms. The van der Waals surface area contributed by atoms with Gasteiger partial charge in [-0.1, -0.05) is 13.0 Å². The standard InChI is InChI=1S/C13H21N3O/c1-5-7-10(3)14-13-15-11(4)9-12(16-13)17-8-6-2/h5,9-10H,1,6-8H2,2-4H3,(H,14,15,16). The Bertz CT molecular complexity index is 366. The lowest BCUT2D eigenvalue weighted by Crippen LogP contribution is -2.16. The van der Waals surface area contributed by atoms with Gasteiger partial charge in [0.15, 0.2) is 0 Å². The second kappa shape index (κ2) is 6.89. The van der Waals surface area contributed by atoms with Crippen LogP contribution >= 0.6 is 0 Å². The van der Waals surface area contributed by atoms with E-state index in [1.54, 1.807) is 0 Å². The van der Waals surface area contributed by atoms with Crippen molar-refractivity contribution in [1.29, 1.82) is 0 Å². The van der Waals surface area contributed by atoms with E-state index in [9.17, 15) is 0 Å². The van der Waals surface area contributed by atoms with E-state index in [2.05, 4.69) is 35.7 Å². The maximum Gasteiger partial charge on any atom is 0.226 e. The topological polar surface area (TPSA) is 47.0 Å². The van der Waals surface area contributed by atoms with Crippen LogP contribution in [0.1, 0.15) is 32.4 Å². The zero-order valence-electron chi connectivity index (χ0n) is 10.9. The molecule has 0 aromatic carbocycles. The average molecular weight is 235 g/mol. The van der Waals surface area contributed by atoms with Crippen molar-refractivity contribution in [3.05, 3.63) is 24.4 Å². The van der Waals surface area contributed by atoms with Crippen molar-refractivity contribution in [2.45, 2.75) is 39.7 Å². The van der Waals surface area contributed by atoms with Crippen LogP contribution in [-0.4, -0.2) is 22.6 Å². The van der Waals surface area contributed by atoms with E-state index in [1.165, 1.54) is 0 Å². The van der Waals surface area contributed by atoms with Crippen LogP contribution in [-0.2, 0) is 0 Å². The maximum atomic E-state index is 5.51. The molecule has 0 radical (unpaired) electrons. The van der Waals surface area contributed by atoms with Gasteiger partial charge in [0.2, 0.25) is 11.8 Å². The lowest BCUT2D eigenvalue weighted by Gasteiger charge is -2.13. The zero-order valence-corrected chi connectivity index (χ0v) is 10.9. The minimum absolute atomic E-state index is 0.272. The molecule has 0 saturated heterocycles. The molecule has 0 aliphatic heterocycles. The predicted octanol–water partition coefficient (Wildman–Crippen LogP) is 2.95. The van der Waals surface area contributed by atoms with Gasteiger partial charge in [-0.25, -0.2) is 4.98 Å². The predicted molar refractivity (Wildman–Crippen MR) is 70.5 cm³/mol. The first-order valence-corrected chi connectivity index (χ1v) is 6.01. The van der Waals surface area contributed by atoms with Crippen LogP contribution in [0.25, 0.3) is 0 Å². The Balaban J connectivity index is 2.70. The summed E-state index contributed by atoms with van der Waals surface area (Å²) < 4.78 is 5.51. The van der Waals surface area contributed by atoms with Crippen LogP contribution in [0.3, 0.4) is 0 Å². The van der Waals surface area contributed by atoms with Gasteiger partial charge in [-0.3, -0.25) is 0 Å². The SMILES string of the molecule is C=CCC(C)Nc1nc(C)cc(OCCC)n1. The summed E-state index contributed by atoms with van der Waals surface area (Å²) in [6.07, 6.45) is 3.73. The van der Waals surface area contributed by atoms with Crippen LogP contribution in [0, 0.1) is 6.92 Å². The number of hydrogen-bond acceptors (Lipinski definition) is 4. The largest absolute Gasteiger partial charge is 0.478 e. The van der Waals surface area contributed by atoms with Crippen LogP contribution in [0.5, 0.6) is 5.88 Å². The van der Waals surface area contributed by atoms with Crippen LogP contribution in [0.4, 0.5) is 5.95 Å². The maximum absolute atomic E-state index is 5.51. The summed E-state index contributed by atoms with van der Waals surface area (Å²) in [5, 5.41) is 3.23. The number of hydrogen-bond donors (Lipinski definition) is 1. The molecule has 17 heavy (non-hydrogen) atoms. The molecule has 0 spiro atoms. The third kappa shape index (κ3) is 4.85. The molecule has 0 aliphatic carbocycles. The summed E-state index contributed by atoms with van der Waals surface area (Å²) >= 11 is 0.